The standard InChI is InChI=1S/C24H29N3O2S/c1-16(2)19-7-9-20(10-8-19)29-15-21(28)26-11-13-27(14-12-26)24-25-22-17(3)5-6-18(4)23(22)30-24/h5-10,16H,11-15H2,1-4H3. The number of benzene rings is 2. The minimum atomic E-state index is 0.0403. The second kappa shape index (κ2) is 8.64. The van der Waals surface area contributed by atoms with Gasteiger partial charge in [0, 0.05) is 26.2 Å². The van der Waals surface area contributed by atoms with E-state index in [1.54, 1.807) is 11.3 Å². The highest BCUT2D eigenvalue weighted by Gasteiger charge is 2.24. The molecule has 0 N–H and O–H groups in total. The highest BCUT2D eigenvalue weighted by molar-refractivity contribution is 7.22. The summed E-state index contributed by atoms with van der Waals surface area (Å²) in [6.07, 6.45) is 0. The first-order valence-corrected chi connectivity index (χ1v) is 11.4. The SMILES string of the molecule is Cc1ccc(C)c2sc(N3CCN(C(=O)COc4ccc(C(C)C)cc4)CC3)nc12. The summed E-state index contributed by atoms with van der Waals surface area (Å²) in [4.78, 5) is 21.6. The van der Waals surface area contributed by atoms with Crippen LogP contribution in [0.5, 0.6) is 5.75 Å². The summed E-state index contributed by atoms with van der Waals surface area (Å²) in [5, 5.41) is 1.05. The fraction of sp³-hybridized carbons (Fsp3) is 0.417. The maximum Gasteiger partial charge on any atom is 0.260 e. The van der Waals surface area contributed by atoms with E-state index in [0.29, 0.717) is 19.0 Å². The van der Waals surface area contributed by atoms with Gasteiger partial charge in [-0.2, -0.15) is 0 Å². The summed E-state index contributed by atoms with van der Waals surface area (Å²) in [5.41, 5.74) is 4.85. The summed E-state index contributed by atoms with van der Waals surface area (Å²) in [5.74, 6) is 1.27. The molecule has 0 saturated carbocycles. The zero-order valence-corrected chi connectivity index (χ0v) is 19.0. The van der Waals surface area contributed by atoms with Gasteiger partial charge in [0.15, 0.2) is 11.7 Å². The molecule has 30 heavy (non-hydrogen) atoms. The number of ether oxygens (including phenoxy) is 1. The van der Waals surface area contributed by atoms with Crippen molar-refractivity contribution in [2.24, 2.45) is 0 Å². The maximum atomic E-state index is 12.6. The number of rotatable bonds is 5. The largest absolute Gasteiger partial charge is 0.484 e. The molecule has 158 valence electrons. The molecule has 6 heteroatoms. The van der Waals surface area contributed by atoms with Crippen LogP contribution in [0.4, 0.5) is 5.13 Å². The Morgan fingerprint density at radius 1 is 1.03 bits per heavy atom. The lowest BCUT2D eigenvalue weighted by Crippen LogP contribution is -2.50. The van der Waals surface area contributed by atoms with Crippen molar-refractivity contribution >= 4 is 32.6 Å². The number of amides is 1. The third kappa shape index (κ3) is 4.29. The van der Waals surface area contributed by atoms with Gasteiger partial charge in [-0.15, -0.1) is 0 Å². The van der Waals surface area contributed by atoms with Crippen molar-refractivity contribution in [3.05, 3.63) is 53.1 Å². The van der Waals surface area contributed by atoms with Crippen molar-refractivity contribution < 1.29 is 9.53 Å². The molecule has 3 aromatic rings. The van der Waals surface area contributed by atoms with Crippen LogP contribution in [0.25, 0.3) is 10.2 Å². The van der Waals surface area contributed by atoms with Crippen LogP contribution < -0.4 is 9.64 Å². The third-order valence-corrected chi connectivity index (χ3v) is 6.99. The number of carbonyl (C=O) groups excluding carboxylic acids is 1. The molecular weight excluding hydrogens is 394 g/mol. The molecule has 1 aromatic heterocycles. The van der Waals surface area contributed by atoms with E-state index in [2.05, 4.69) is 56.9 Å². The number of fused-ring (bicyclic) bond motifs is 1. The summed E-state index contributed by atoms with van der Waals surface area (Å²) < 4.78 is 6.98. The third-order valence-electron chi connectivity index (χ3n) is 5.74. The first kappa shape index (κ1) is 20.7. The molecule has 0 radical (unpaired) electrons. The molecule has 2 heterocycles. The number of aromatic nitrogens is 1. The van der Waals surface area contributed by atoms with E-state index in [4.69, 9.17) is 9.72 Å². The maximum absolute atomic E-state index is 12.6. The molecule has 0 atom stereocenters. The van der Waals surface area contributed by atoms with Gasteiger partial charge in [0.1, 0.15) is 5.75 Å². The Morgan fingerprint density at radius 2 is 1.70 bits per heavy atom. The average molecular weight is 424 g/mol. The Kier molecular flexibility index (Phi) is 5.95. The second-order valence-corrected chi connectivity index (χ2v) is 9.23. The predicted octanol–water partition coefficient (Wildman–Crippen LogP) is 4.76. The number of nitrogens with zero attached hydrogens (tertiary/aromatic N) is 3. The second-order valence-electron chi connectivity index (χ2n) is 8.25. The van der Waals surface area contributed by atoms with E-state index in [1.807, 2.05) is 17.0 Å². The highest BCUT2D eigenvalue weighted by Crippen LogP contribution is 2.33. The lowest BCUT2D eigenvalue weighted by molar-refractivity contribution is -0.133. The Labute approximate surface area is 182 Å². The molecule has 1 aliphatic rings. The van der Waals surface area contributed by atoms with Gasteiger partial charge < -0.3 is 14.5 Å². The fourth-order valence-corrected chi connectivity index (χ4v) is 4.88. The first-order chi connectivity index (χ1) is 14.4. The van der Waals surface area contributed by atoms with Gasteiger partial charge in [-0.25, -0.2) is 4.98 Å². The first-order valence-electron chi connectivity index (χ1n) is 10.5. The van der Waals surface area contributed by atoms with Gasteiger partial charge >= 0.3 is 0 Å². The van der Waals surface area contributed by atoms with Crippen LogP contribution in [0, 0.1) is 13.8 Å². The molecule has 2 aromatic carbocycles. The number of hydrogen-bond acceptors (Lipinski definition) is 5. The Bertz CT molecular complexity index is 996. The van der Waals surface area contributed by atoms with Crippen LogP contribution in [0.15, 0.2) is 36.4 Å². The number of thiazole rings is 1. The quantitative estimate of drug-likeness (QED) is 0.593. The van der Waals surface area contributed by atoms with Crippen LogP contribution in [0.3, 0.4) is 0 Å². The van der Waals surface area contributed by atoms with E-state index < -0.39 is 0 Å². The number of piperazine rings is 1. The van der Waals surface area contributed by atoms with Crippen molar-refractivity contribution in [3.8, 4) is 5.75 Å². The fourth-order valence-electron chi connectivity index (χ4n) is 3.72. The predicted molar refractivity (Wildman–Crippen MR) is 124 cm³/mol. The molecule has 0 spiro atoms. The molecule has 1 fully saturated rings. The van der Waals surface area contributed by atoms with Crippen LogP contribution >= 0.6 is 11.3 Å². The van der Waals surface area contributed by atoms with E-state index >= 15 is 0 Å². The van der Waals surface area contributed by atoms with Crippen molar-refractivity contribution in [2.75, 3.05) is 37.7 Å². The van der Waals surface area contributed by atoms with Crippen molar-refractivity contribution in [1.82, 2.24) is 9.88 Å². The topological polar surface area (TPSA) is 45.7 Å². The lowest BCUT2D eigenvalue weighted by atomic mass is 10.0. The molecule has 4 rings (SSSR count). The van der Waals surface area contributed by atoms with Gasteiger partial charge in [0.25, 0.3) is 5.91 Å². The molecule has 0 aliphatic carbocycles. The normalized spacial score (nSPS) is 14.6. The Hall–Kier alpha value is -2.60. The molecule has 5 nitrogen and oxygen atoms in total. The van der Waals surface area contributed by atoms with Crippen molar-refractivity contribution in [2.45, 2.75) is 33.6 Å². The zero-order chi connectivity index (χ0) is 21.3. The Balaban J connectivity index is 1.32. The zero-order valence-electron chi connectivity index (χ0n) is 18.1. The van der Waals surface area contributed by atoms with Gasteiger partial charge in [0.2, 0.25) is 0 Å². The van der Waals surface area contributed by atoms with Gasteiger partial charge in [-0.05, 0) is 48.6 Å². The van der Waals surface area contributed by atoms with Crippen molar-refractivity contribution in [3.63, 3.8) is 0 Å². The van der Waals surface area contributed by atoms with Crippen LogP contribution in [-0.4, -0.2) is 48.6 Å². The minimum Gasteiger partial charge on any atom is -0.484 e. The lowest BCUT2D eigenvalue weighted by Gasteiger charge is -2.34. The van der Waals surface area contributed by atoms with Crippen LogP contribution in [-0.2, 0) is 4.79 Å². The van der Waals surface area contributed by atoms with E-state index in [0.717, 1.165) is 29.5 Å². The number of carbonyl (C=O) groups is 1. The van der Waals surface area contributed by atoms with Crippen LogP contribution in [0.1, 0.15) is 36.5 Å². The summed E-state index contributed by atoms with van der Waals surface area (Å²) in [7, 11) is 0. The smallest absolute Gasteiger partial charge is 0.260 e. The number of aryl methyl sites for hydroxylation is 2. The Morgan fingerprint density at radius 3 is 2.33 bits per heavy atom. The molecule has 0 unspecified atom stereocenters. The van der Waals surface area contributed by atoms with E-state index in [1.165, 1.54) is 21.4 Å². The minimum absolute atomic E-state index is 0.0403. The molecule has 1 saturated heterocycles. The highest BCUT2D eigenvalue weighted by atomic mass is 32.1. The van der Waals surface area contributed by atoms with Gasteiger partial charge in [-0.1, -0.05) is 49.4 Å². The van der Waals surface area contributed by atoms with Gasteiger partial charge in [0.05, 0.1) is 10.2 Å². The summed E-state index contributed by atoms with van der Waals surface area (Å²) in [6, 6.07) is 12.3. The van der Waals surface area contributed by atoms with E-state index in [-0.39, 0.29) is 12.5 Å². The van der Waals surface area contributed by atoms with E-state index in [9.17, 15) is 4.79 Å². The monoisotopic (exact) mass is 423 g/mol. The molecular formula is C24H29N3O2S. The van der Waals surface area contributed by atoms with Crippen LogP contribution in [0.2, 0.25) is 0 Å². The number of anilines is 1. The summed E-state index contributed by atoms with van der Waals surface area (Å²) >= 11 is 1.75. The van der Waals surface area contributed by atoms with Crippen molar-refractivity contribution in [1.29, 1.82) is 0 Å². The summed E-state index contributed by atoms with van der Waals surface area (Å²) in [6.45, 7) is 11.6. The average Bonchev–Trinajstić information content (AvgIpc) is 3.22. The van der Waals surface area contributed by atoms with Gasteiger partial charge in [-0.3, -0.25) is 4.79 Å². The molecule has 1 amide bonds. The molecule has 0 bridgehead atoms. The molecule has 1 aliphatic heterocycles. The number of hydrogen-bond donors (Lipinski definition) is 0.